The molecular weight excluding hydrogens is 230 g/mol. The maximum Gasteiger partial charge on any atom is 0.130 e. The average Bonchev–Trinajstić information content (AvgIpc) is 2.73. The van der Waals surface area contributed by atoms with Crippen LogP contribution in [-0.2, 0) is 0 Å². The predicted octanol–water partition coefficient (Wildman–Crippen LogP) is 2.84. The molecule has 0 spiro atoms. The van der Waals surface area contributed by atoms with Crippen molar-refractivity contribution in [2.75, 3.05) is 11.7 Å². The molecule has 0 unspecified atom stereocenters. The Morgan fingerprint density at radius 2 is 2.40 bits per heavy atom. The summed E-state index contributed by atoms with van der Waals surface area (Å²) in [4.78, 5) is 8.36. The van der Waals surface area contributed by atoms with Crippen LogP contribution in [0.15, 0.2) is 29.6 Å². The van der Waals surface area contributed by atoms with E-state index < -0.39 is 0 Å². The van der Waals surface area contributed by atoms with Gasteiger partial charge in [-0.2, -0.15) is 0 Å². The highest BCUT2D eigenvalue weighted by molar-refractivity contribution is 7.98. The van der Waals surface area contributed by atoms with Crippen molar-refractivity contribution in [3.8, 4) is 10.6 Å². The minimum absolute atomic E-state index is 0.557. The van der Waals surface area contributed by atoms with E-state index in [4.69, 9.17) is 0 Å². The van der Waals surface area contributed by atoms with Crippen LogP contribution in [0.25, 0.3) is 10.6 Å². The van der Waals surface area contributed by atoms with Gasteiger partial charge >= 0.3 is 0 Å². The summed E-state index contributed by atoms with van der Waals surface area (Å²) in [5.74, 6) is 0. The molecule has 2 aromatic heterocycles. The molecule has 0 aliphatic heterocycles. The van der Waals surface area contributed by atoms with Crippen LogP contribution in [0.1, 0.15) is 0 Å². The van der Waals surface area contributed by atoms with Gasteiger partial charge in [-0.25, -0.2) is 4.98 Å². The molecule has 0 aliphatic carbocycles. The van der Waals surface area contributed by atoms with Gasteiger partial charge in [-0.05, 0) is 18.4 Å². The molecule has 78 valence electrons. The molecule has 0 saturated carbocycles. The van der Waals surface area contributed by atoms with Gasteiger partial charge in [0.25, 0.3) is 0 Å². The maximum absolute atomic E-state index is 10.6. The number of nitrogens with zero attached hydrogens (tertiary/aromatic N) is 2. The van der Waals surface area contributed by atoms with Crippen molar-refractivity contribution in [3.05, 3.63) is 29.7 Å². The first-order valence-corrected chi connectivity index (χ1v) is 6.22. The number of thiazole rings is 1. The molecule has 0 fully saturated rings. The molecule has 0 bridgehead atoms. The van der Waals surface area contributed by atoms with Crippen LogP contribution >= 0.6 is 23.1 Å². The van der Waals surface area contributed by atoms with Crippen LogP contribution in [0, 0.1) is 5.21 Å². The lowest BCUT2D eigenvalue weighted by Crippen LogP contribution is -1.82. The summed E-state index contributed by atoms with van der Waals surface area (Å²) in [5.41, 5.74) is 2.83. The summed E-state index contributed by atoms with van der Waals surface area (Å²) in [6, 6.07) is 3.77. The Morgan fingerprint density at radius 1 is 1.53 bits per heavy atom. The second kappa shape index (κ2) is 4.61. The Labute approximate surface area is 95.4 Å². The number of rotatable bonds is 3. The molecule has 0 amide bonds. The normalized spacial score (nSPS) is 10.3. The van der Waals surface area contributed by atoms with Gasteiger partial charge < -0.3 is 10.7 Å². The van der Waals surface area contributed by atoms with E-state index in [9.17, 15) is 5.21 Å². The molecule has 4 nitrogen and oxygen atoms in total. The fourth-order valence-electron chi connectivity index (χ4n) is 1.12. The standard InChI is InChI=1S/C9H8N3OS2/c1-14-8-9(12-13)15-7(11-8)6-3-2-4-10-5-6/h2-5,12H,1H3/q-1. The highest BCUT2D eigenvalue weighted by Crippen LogP contribution is 2.35. The topological polar surface area (TPSA) is 60.9 Å². The van der Waals surface area contributed by atoms with Crippen molar-refractivity contribution in [3.63, 3.8) is 0 Å². The van der Waals surface area contributed by atoms with E-state index in [2.05, 4.69) is 9.97 Å². The molecule has 0 aliphatic rings. The number of nitrogens with one attached hydrogen (secondary N) is 1. The molecular formula is C9H8N3OS2-. The van der Waals surface area contributed by atoms with Gasteiger partial charge in [0.2, 0.25) is 0 Å². The van der Waals surface area contributed by atoms with Gasteiger partial charge in [0.1, 0.15) is 15.0 Å². The summed E-state index contributed by atoms with van der Waals surface area (Å²) in [6.07, 6.45) is 5.33. The second-order valence-corrected chi connectivity index (χ2v) is 4.50. The molecule has 15 heavy (non-hydrogen) atoms. The summed E-state index contributed by atoms with van der Waals surface area (Å²) in [6.45, 7) is 0. The van der Waals surface area contributed by atoms with E-state index in [1.165, 1.54) is 23.1 Å². The minimum Gasteiger partial charge on any atom is -0.760 e. The van der Waals surface area contributed by atoms with E-state index >= 15 is 0 Å². The van der Waals surface area contributed by atoms with Crippen LogP contribution in [0.2, 0.25) is 0 Å². The lowest BCUT2D eigenvalue weighted by molar-refractivity contribution is 1.20. The van der Waals surface area contributed by atoms with Crippen molar-refractivity contribution in [1.82, 2.24) is 9.97 Å². The molecule has 2 aromatic rings. The van der Waals surface area contributed by atoms with E-state index in [0.717, 1.165) is 15.6 Å². The molecule has 2 rings (SSSR count). The molecule has 2 heterocycles. The van der Waals surface area contributed by atoms with Gasteiger partial charge in [0.15, 0.2) is 0 Å². The van der Waals surface area contributed by atoms with Gasteiger partial charge in [-0.1, -0.05) is 11.3 Å². The highest BCUT2D eigenvalue weighted by Gasteiger charge is 2.09. The fourth-order valence-corrected chi connectivity index (χ4v) is 2.71. The van der Waals surface area contributed by atoms with Crippen molar-refractivity contribution >= 4 is 28.1 Å². The van der Waals surface area contributed by atoms with E-state index in [1.807, 2.05) is 23.9 Å². The number of anilines is 1. The highest BCUT2D eigenvalue weighted by atomic mass is 32.2. The van der Waals surface area contributed by atoms with Crippen LogP contribution in [0.4, 0.5) is 5.00 Å². The van der Waals surface area contributed by atoms with Crippen LogP contribution < -0.4 is 5.48 Å². The van der Waals surface area contributed by atoms with Gasteiger partial charge in [-0.3, -0.25) is 4.98 Å². The van der Waals surface area contributed by atoms with Crippen molar-refractivity contribution < 1.29 is 0 Å². The summed E-state index contributed by atoms with van der Waals surface area (Å²) < 4.78 is 0. The first-order valence-electron chi connectivity index (χ1n) is 4.18. The Hall–Kier alpha value is -1.11. The Kier molecular flexibility index (Phi) is 3.20. The molecule has 0 aromatic carbocycles. The Morgan fingerprint density at radius 3 is 2.93 bits per heavy atom. The van der Waals surface area contributed by atoms with Gasteiger partial charge in [0, 0.05) is 18.0 Å². The lowest BCUT2D eigenvalue weighted by Gasteiger charge is -2.05. The third kappa shape index (κ3) is 2.11. The van der Waals surface area contributed by atoms with Gasteiger partial charge in [-0.15, -0.1) is 11.8 Å². The summed E-state index contributed by atoms with van der Waals surface area (Å²) >= 11 is 2.79. The Bertz CT molecular complexity index is 422. The number of aromatic nitrogens is 2. The first-order chi connectivity index (χ1) is 7.35. The average molecular weight is 238 g/mol. The van der Waals surface area contributed by atoms with E-state index in [0.29, 0.717) is 5.00 Å². The van der Waals surface area contributed by atoms with E-state index in [1.54, 1.807) is 12.4 Å². The van der Waals surface area contributed by atoms with Gasteiger partial charge in [0.05, 0.1) is 0 Å². The van der Waals surface area contributed by atoms with Crippen molar-refractivity contribution in [1.29, 1.82) is 0 Å². The number of hydrogen-bond acceptors (Lipinski definition) is 6. The van der Waals surface area contributed by atoms with Crippen LogP contribution in [0.5, 0.6) is 0 Å². The molecule has 6 heteroatoms. The zero-order chi connectivity index (χ0) is 10.7. The molecule has 0 radical (unpaired) electrons. The number of pyridine rings is 1. The Balaban J connectivity index is 2.42. The smallest absolute Gasteiger partial charge is 0.130 e. The van der Waals surface area contributed by atoms with Crippen molar-refractivity contribution in [2.45, 2.75) is 5.03 Å². The minimum atomic E-state index is 0.557. The van der Waals surface area contributed by atoms with E-state index in [-0.39, 0.29) is 0 Å². The SMILES string of the molecule is CSc1nc(-c2cccnc2)sc1N[O-]. The van der Waals surface area contributed by atoms with Crippen LogP contribution in [0.3, 0.4) is 0 Å². The first kappa shape index (κ1) is 10.4. The molecule has 0 atom stereocenters. The zero-order valence-corrected chi connectivity index (χ0v) is 9.56. The summed E-state index contributed by atoms with van der Waals surface area (Å²) in [7, 11) is 0. The van der Waals surface area contributed by atoms with Crippen LogP contribution in [-0.4, -0.2) is 16.2 Å². The maximum atomic E-state index is 10.6. The largest absolute Gasteiger partial charge is 0.760 e. The molecule has 0 saturated heterocycles. The zero-order valence-electron chi connectivity index (χ0n) is 7.93. The second-order valence-electron chi connectivity index (χ2n) is 2.70. The summed E-state index contributed by atoms with van der Waals surface area (Å²) in [5, 5.41) is 12.7. The number of thioether (sulfide) groups is 1. The molecule has 1 N–H and O–H groups in total. The monoisotopic (exact) mass is 238 g/mol. The number of hydrogen-bond donors (Lipinski definition) is 1. The third-order valence-corrected chi connectivity index (χ3v) is 3.60. The quantitative estimate of drug-likeness (QED) is 0.658. The third-order valence-electron chi connectivity index (χ3n) is 1.79. The predicted molar refractivity (Wildman–Crippen MR) is 64.1 cm³/mol. The van der Waals surface area contributed by atoms with Crippen molar-refractivity contribution in [2.24, 2.45) is 0 Å². The fraction of sp³-hybridized carbons (Fsp3) is 0.111. The lowest BCUT2D eigenvalue weighted by atomic mass is 10.3.